The molecule has 0 bridgehead atoms. The maximum Gasteiger partial charge on any atom is 0.244 e. The fourth-order valence-corrected chi connectivity index (χ4v) is 5.09. The molecule has 0 spiro atoms. The first-order valence-electron chi connectivity index (χ1n) is 16.9. The highest BCUT2D eigenvalue weighted by Crippen LogP contribution is 2.38. The summed E-state index contributed by atoms with van der Waals surface area (Å²) in [5.41, 5.74) is 1.00. The number of hydrogen-bond acceptors (Lipinski definition) is 4. The summed E-state index contributed by atoms with van der Waals surface area (Å²) in [5.74, 6) is 1.25. The second-order valence-electron chi connectivity index (χ2n) is 11.4. The standard InChI is InChI=1S/C36H58N2O3/c1-3-5-7-9-11-13-15-17-19-24-31-40-35-30-26-29-34(37-38(39)33-27-22-21-23-28-33)36(35)41-32-25-20-18-16-14-12-10-8-6-4-2/h21-23,26-30H,3-20,24-25,31-32H2,1-2H3. The molecule has 0 radical (unpaired) electrons. The molecule has 2 aromatic rings. The Hall–Kier alpha value is -2.56. The molecule has 0 saturated heterocycles. The van der Waals surface area contributed by atoms with Crippen LogP contribution in [-0.2, 0) is 0 Å². The van der Waals surface area contributed by atoms with Crippen molar-refractivity contribution in [2.24, 2.45) is 5.11 Å². The molecule has 5 heteroatoms. The second-order valence-corrected chi connectivity index (χ2v) is 11.4. The van der Waals surface area contributed by atoms with Crippen LogP contribution in [0.1, 0.15) is 142 Å². The normalized spacial score (nSPS) is 11.6. The van der Waals surface area contributed by atoms with E-state index in [1.165, 1.54) is 109 Å². The summed E-state index contributed by atoms with van der Waals surface area (Å²) in [5, 5.41) is 17.1. The van der Waals surface area contributed by atoms with Gasteiger partial charge in [0.05, 0.1) is 13.2 Å². The van der Waals surface area contributed by atoms with Crippen molar-refractivity contribution in [3.63, 3.8) is 0 Å². The van der Waals surface area contributed by atoms with Crippen LogP contribution in [0.5, 0.6) is 11.5 Å². The molecule has 2 aromatic carbocycles. The molecule has 230 valence electrons. The van der Waals surface area contributed by atoms with E-state index in [1.807, 2.05) is 36.4 Å². The van der Waals surface area contributed by atoms with Gasteiger partial charge in [-0.25, -0.2) is 0 Å². The summed E-state index contributed by atoms with van der Waals surface area (Å²) >= 11 is 0. The average molecular weight is 567 g/mol. The van der Waals surface area contributed by atoms with Crippen LogP contribution in [-0.4, -0.2) is 18.1 Å². The Morgan fingerprint density at radius 1 is 0.537 bits per heavy atom. The largest absolute Gasteiger partial charge is 0.594 e. The van der Waals surface area contributed by atoms with Gasteiger partial charge in [-0.3, -0.25) is 0 Å². The minimum Gasteiger partial charge on any atom is -0.594 e. The van der Waals surface area contributed by atoms with Crippen molar-refractivity contribution in [1.82, 2.24) is 0 Å². The van der Waals surface area contributed by atoms with Gasteiger partial charge >= 0.3 is 0 Å². The summed E-state index contributed by atoms with van der Waals surface area (Å²) in [4.78, 5) is 0.661. The number of ether oxygens (including phenoxy) is 2. The molecule has 0 heterocycles. The van der Waals surface area contributed by atoms with E-state index in [1.54, 1.807) is 12.1 Å². The fourth-order valence-electron chi connectivity index (χ4n) is 5.09. The third-order valence-electron chi connectivity index (χ3n) is 7.63. The number of azo groups is 1. The van der Waals surface area contributed by atoms with Gasteiger partial charge in [0.1, 0.15) is 0 Å². The van der Waals surface area contributed by atoms with Crippen LogP contribution in [0.4, 0.5) is 11.4 Å². The van der Waals surface area contributed by atoms with Gasteiger partial charge < -0.3 is 14.7 Å². The summed E-state index contributed by atoms with van der Waals surface area (Å²) in [7, 11) is 0. The van der Waals surface area contributed by atoms with Gasteiger partial charge in [-0.2, -0.15) is 0 Å². The molecule has 0 atom stereocenters. The number of rotatable bonds is 26. The molecule has 0 unspecified atom stereocenters. The van der Waals surface area contributed by atoms with Gasteiger partial charge in [0.15, 0.2) is 17.2 Å². The van der Waals surface area contributed by atoms with Gasteiger partial charge in [0.2, 0.25) is 5.69 Å². The molecule has 0 amide bonds. The van der Waals surface area contributed by atoms with Gasteiger partial charge in [-0.15, -0.1) is 0 Å². The first-order chi connectivity index (χ1) is 20.3. The summed E-state index contributed by atoms with van der Waals surface area (Å²) in [6, 6.07) is 14.7. The monoisotopic (exact) mass is 566 g/mol. The summed E-state index contributed by atoms with van der Waals surface area (Å²) in [6.07, 6.45) is 25.7. The predicted molar refractivity (Wildman–Crippen MR) is 173 cm³/mol. The molecular formula is C36H58N2O3. The lowest BCUT2D eigenvalue weighted by Crippen LogP contribution is -2.03. The fraction of sp³-hybridized carbons (Fsp3) is 0.667. The predicted octanol–water partition coefficient (Wildman–Crippen LogP) is 12.2. The number of benzene rings is 2. The van der Waals surface area contributed by atoms with Crippen LogP contribution in [0.2, 0.25) is 0 Å². The van der Waals surface area contributed by atoms with E-state index < -0.39 is 0 Å². The number of unbranched alkanes of at least 4 members (excludes halogenated alkanes) is 18. The lowest BCUT2D eigenvalue weighted by molar-refractivity contribution is -0.435. The van der Waals surface area contributed by atoms with Crippen LogP contribution < -0.4 is 9.47 Å². The van der Waals surface area contributed by atoms with Crippen LogP contribution in [0, 0.1) is 5.21 Å². The van der Waals surface area contributed by atoms with E-state index >= 15 is 0 Å². The van der Waals surface area contributed by atoms with Crippen LogP contribution in [0.3, 0.4) is 0 Å². The smallest absolute Gasteiger partial charge is 0.244 e. The molecule has 0 N–H and O–H groups in total. The topological polar surface area (TPSA) is 56.9 Å². The summed E-state index contributed by atoms with van der Waals surface area (Å²) < 4.78 is 12.4. The van der Waals surface area contributed by atoms with Crippen molar-refractivity contribution in [1.29, 1.82) is 0 Å². The zero-order valence-electron chi connectivity index (χ0n) is 26.3. The van der Waals surface area contributed by atoms with Crippen molar-refractivity contribution < 1.29 is 14.3 Å². The minimum atomic E-state index is 0.491. The molecule has 41 heavy (non-hydrogen) atoms. The third kappa shape index (κ3) is 16.5. The Morgan fingerprint density at radius 3 is 1.51 bits per heavy atom. The summed E-state index contributed by atoms with van der Waals surface area (Å²) in [6.45, 7) is 5.78. The molecule has 0 fully saturated rings. The highest BCUT2D eigenvalue weighted by atomic mass is 16.5. The molecule has 0 aliphatic carbocycles. The zero-order chi connectivity index (χ0) is 29.2. The van der Waals surface area contributed by atoms with Crippen LogP contribution in [0.25, 0.3) is 0 Å². The number of para-hydroxylation sites is 2. The van der Waals surface area contributed by atoms with E-state index in [9.17, 15) is 5.21 Å². The Morgan fingerprint density at radius 2 is 1.00 bits per heavy atom. The third-order valence-corrected chi connectivity index (χ3v) is 7.63. The Kier molecular flexibility index (Phi) is 20.3. The molecule has 5 nitrogen and oxygen atoms in total. The molecule has 0 aromatic heterocycles. The van der Waals surface area contributed by atoms with Crippen LogP contribution in [0.15, 0.2) is 53.6 Å². The Balaban J connectivity index is 1.82. The van der Waals surface area contributed by atoms with Crippen molar-refractivity contribution in [3.8, 4) is 11.5 Å². The van der Waals surface area contributed by atoms with Gasteiger partial charge in [0, 0.05) is 17.2 Å². The lowest BCUT2D eigenvalue weighted by Gasteiger charge is -2.14. The Bertz CT molecular complexity index is 916. The highest BCUT2D eigenvalue weighted by molar-refractivity contribution is 5.59. The van der Waals surface area contributed by atoms with Crippen molar-refractivity contribution in [2.45, 2.75) is 142 Å². The maximum atomic E-state index is 12.7. The van der Waals surface area contributed by atoms with E-state index in [-0.39, 0.29) is 0 Å². The van der Waals surface area contributed by atoms with E-state index in [2.05, 4.69) is 19.0 Å². The van der Waals surface area contributed by atoms with E-state index in [0.717, 1.165) is 19.3 Å². The SMILES string of the molecule is CCCCCCCCCCCCOc1cccc(N=[N+]([O-])c2ccccc2)c1OCCCCCCCCCCCC. The quantitative estimate of drug-likeness (QED) is 0.0492. The Labute approximate surface area is 251 Å². The average Bonchev–Trinajstić information content (AvgIpc) is 3.00. The van der Waals surface area contributed by atoms with Crippen LogP contribution >= 0.6 is 0 Å². The molecule has 0 saturated carbocycles. The second kappa shape index (κ2) is 24.1. The zero-order valence-corrected chi connectivity index (χ0v) is 26.3. The van der Waals surface area contributed by atoms with Gasteiger partial charge in [0.25, 0.3) is 0 Å². The number of hydrogen-bond donors (Lipinski definition) is 0. The van der Waals surface area contributed by atoms with Gasteiger partial charge in [-0.1, -0.05) is 154 Å². The van der Waals surface area contributed by atoms with Gasteiger partial charge in [-0.05, 0) is 29.8 Å². The molecule has 0 aliphatic rings. The van der Waals surface area contributed by atoms with Crippen molar-refractivity contribution >= 4 is 11.4 Å². The molecule has 0 aliphatic heterocycles. The number of nitrogens with zero attached hydrogens (tertiary/aromatic N) is 2. The minimum absolute atomic E-state index is 0.491. The molecular weight excluding hydrogens is 508 g/mol. The first kappa shape index (κ1) is 34.6. The van der Waals surface area contributed by atoms with Crippen molar-refractivity contribution in [2.75, 3.05) is 13.2 Å². The maximum absolute atomic E-state index is 12.7. The lowest BCUT2D eigenvalue weighted by atomic mass is 10.1. The highest BCUT2D eigenvalue weighted by Gasteiger charge is 2.15. The van der Waals surface area contributed by atoms with E-state index in [4.69, 9.17) is 9.47 Å². The first-order valence-corrected chi connectivity index (χ1v) is 16.9. The molecule has 2 rings (SSSR count). The van der Waals surface area contributed by atoms with E-state index in [0.29, 0.717) is 40.9 Å². The van der Waals surface area contributed by atoms with Crippen molar-refractivity contribution in [3.05, 3.63) is 53.7 Å².